The topological polar surface area (TPSA) is 94.8 Å². The van der Waals surface area contributed by atoms with Crippen molar-refractivity contribution in [2.24, 2.45) is 0 Å². The lowest BCUT2D eigenvalue weighted by molar-refractivity contribution is -0.123. The summed E-state index contributed by atoms with van der Waals surface area (Å²) in [6.07, 6.45) is 0. The molecule has 0 spiro atoms. The number of carbonyl (C=O) groups is 2. The molecule has 0 atom stereocenters. The van der Waals surface area contributed by atoms with Gasteiger partial charge in [-0.25, -0.2) is 4.39 Å². The number of hydrogen-bond acceptors (Lipinski definition) is 3. The molecule has 5 nitrogen and oxygen atoms in total. The second kappa shape index (κ2) is 8.51. The Morgan fingerprint density at radius 1 is 0.889 bits per heavy atom. The van der Waals surface area contributed by atoms with Crippen molar-refractivity contribution < 1.29 is 29.3 Å². The Hall–Kier alpha value is -2.63. The highest BCUT2D eigenvalue weighted by Gasteiger charge is 1.95. The monoisotopic (exact) mass is 254 g/mol. The fourth-order valence-corrected chi connectivity index (χ4v) is 1.20. The van der Waals surface area contributed by atoms with Gasteiger partial charge in [0, 0.05) is 0 Å². The first-order valence-corrected chi connectivity index (χ1v) is 4.63. The summed E-state index contributed by atoms with van der Waals surface area (Å²) in [6.45, 7) is -0.500. The van der Waals surface area contributed by atoms with Crippen molar-refractivity contribution in [1.29, 1.82) is 0 Å². The largest absolute Gasteiger partial charge is 0.508 e. The second-order valence-electron chi connectivity index (χ2n) is 2.89. The highest BCUT2D eigenvalue weighted by Crippen LogP contribution is 2.20. The first kappa shape index (κ1) is 15.4. The highest BCUT2D eigenvalue weighted by molar-refractivity contribution is 5.83. The van der Waals surface area contributed by atoms with Gasteiger partial charge in [0.15, 0.2) is 0 Å². The maximum Gasteiger partial charge on any atom is 0.290 e. The Morgan fingerprint density at radius 2 is 1.33 bits per heavy atom. The average Bonchev–Trinajstić information content (AvgIpc) is 2.31. The van der Waals surface area contributed by atoms with Crippen LogP contribution in [0.15, 0.2) is 36.4 Å². The summed E-state index contributed by atoms with van der Waals surface area (Å²) >= 11 is 0. The van der Waals surface area contributed by atoms with E-state index in [1.54, 1.807) is 24.3 Å². The number of carboxylic acid groups (broad SMARTS) is 2. The molecule has 96 valence electrons. The molecule has 0 amide bonds. The van der Waals surface area contributed by atoms with E-state index >= 15 is 0 Å². The van der Waals surface area contributed by atoms with Crippen molar-refractivity contribution in [2.75, 3.05) is 0 Å². The van der Waals surface area contributed by atoms with Gasteiger partial charge in [-0.2, -0.15) is 0 Å². The van der Waals surface area contributed by atoms with Gasteiger partial charge in [0.05, 0.1) is 0 Å². The Labute approximate surface area is 102 Å². The van der Waals surface area contributed by atoms with Gasteiger partial charge in [0.25, 0.3) is 12.9 Å². The number of benzene rings is 2. The molecule has 2 rings (SSSR count). The third kappa shape index (κ3) is 5.45. The molecule has 0 aliphatic carbocycles. The molecule has 6 heteroatoms. The molecular weight excluding hydrogens is 243 g/mol. The van der Waals surface area contributed by atoms with E-state index in [2.05, 4.69) is 0 Å². The smallest absolute Gasteiger partial charge is 0.290 e. The molecule has 0 aliphatic rings. The molecule has 18 heavy (non-hydrogen) atoms. The Bertz CT molecular complexity index is 466. The minimum Gasteiger partial charge on any atom is -0.508 e. The fraction of sp³-hybridized carbons (Fsp3) is 0. The van der Waals surface area contributed by atoms with Crippen molar-refractivity contribution in [3.63, 3.8) is 0 Å². The Balaban J connectivity index is 0.000000414. The van der Waals surface area contributed by atoms with Gasteiger partial charge < -0.3 is 15.3 Å². The van der Waals surface area contributed by atoms with Gasteiger partial charge in [0.2, 0.25) is 0 Å². The minimum atomic E-state index is -0.256. The van der Waals surface area contributed by atoms with Gasteiger partial charge >= 0.3 is 0 Å². The van der Waals surface area contributed by atoms with E-state index in [9.17, 15) is 4.39 Å². The van der Waals surface area contributed by atoms with Gasteiger partial charge in [-0.15, -0.1) is 0 Å². The summed E-state index contributed by atoms with van der Waals surface area (Å²) in [7, 11) is 0. The van der Waals surface area contributed by atoms with E-state index in [1.807, 2.05) is 0 Å². The summed E-state index contributed by atoms with van der Waals surface area (Å²) < 4.78 is 12.7. The standard InChI is InChI=1S/C10H7FO.2CH2O2/c11-9-3-1-8-6-10(12)4-2-7(8)5-9;2*2-1-3/h1-6,12H;2*1H,(H,2,3). The summed E-state index contributed by atoms with van der Waals surface area (Å²) in [5.74, 6) is -0.0534. The van der Waals surface area contributed by atoms with E-state index in [0.29, 0.717) is 0 Å². The normalized spacial score (nSPS) is 8.28. The molecule has 0 aromatic heterocycles. The van der Waals surface area contributed by atoms with E-state index in [1.165, 1.54) is 12.1 Å². The molecule has 2 aromatic carbocycles. The molecular formula is C12H11FO5. The van der Waals surface area contributed by atoms with Crippen molar-refractivity contribution in [3.05, 3.63) is 42.2 Å². The van der Waals surface area contributed by atoms with Crippen LogP contribution in [0.1, 0.15) is 0 Å². The van der Waals surface area contributed by atoms with Crippen molar-refractivity contribution in [1.82, 2.24) is 0 Å². The predicted octanol–water partition coefficient (Wildman–Crippen LogP) is 2.09. The van der Waals surface area contributed by atoms with Crippen LogP contribution in [-0.2, 0) is 9.59 Å². The summed E-state index contributed by atoms with van der Waals surface area (Å²) in [6, 6.07) is 9.30. The van der Waals surface area contributed by atoms with E-state index in [0.717, 1.165) is 10.8 Å². The Kier molecular flexibility index (Phi) is 7.27. The van der Waals surface area contributed by atoms with Gasteiger partial charge in [-0.1, -0.05) is 12.1 Å². The van der Waals surface area contributed by atoms with Crippen LogP contribution in [0.2, 0.25) is 0 Å². The van der Waals surface area contributed by atoms with Crippen molar-refractivity contribution >= 4 is 23.7 Å². The molecule has 0 bridgehead atoms. The maximum atomic E-state index is 12.7. The van der Waals surface area contributed by atoms with Crippen LogP contribution in [0.5, 0.6) is 5.75 Å². The number of aromatic hydroxyl groups is 1. The number of fused-ring (bicyclic) bond motifs is 1. The molecule has 0 saturated carbocycles. The lowest BCUT2D eigenvalue weighted by Crippen LogP contribution is -1.75. The zero-order valence-electron chi connectivity index (χ0n) is 9.15. The van der Waals surface area contributed by atoms with Crippen LogP contribution in [0.4, 0.5) is 4.39 Å². The van der Waals surface area contributed by atoms with Crippen LogP contribution >= 0.6 is 0 Å². The molecule has 3 N–H and O–H groups in total. The average molecular weight is 254 g/mol. The van der Waals surface area contributed by atoms with Gasteiger partial charge in [0.1, 0.15) is 11.6 Å². The van der Waals surface area contributed by atoms with Crippen molar-refractivity contribution in [3.8, 4) is 5.75 Å². The SMILES string of the molecule is O=CO.O=CO.Oc1ccc2cc(F)ccc2c1. The van der Waals surface area contributed by atoms with Crippen LogP contribution in [0, 0.1) is 5.82 Å². The maximum absolute atomic E-state index is 12.7. The summed E-state index contributed by atoms with van der Waals surface area (Å²) in [4.78, 5) is 16.7. The predicted molar refractivity (Wildman–Crippen MR) is 63.0 cm³/mol. The molecule has 0 unspecified atom stereocenters. The third-order valence-corrected chi connectivity index (χ3v) is 1.79. The van der Waals surface area contributed by atoms with E-state index in [4.69, 9.17) is 24.9 Å². The van der Waals surface area contributed by atoms with E-state index < -0.39 is 0 Å². The zero-order valence-corrected chi connectivity index (χ0v) is 9.15. The van der Waals surface area contributed by atoms with Crippen LogP contribution < -0.4 is 0 Å². The molecule has 0 aliphatic heterocycles. The Morgan fingerprint density at radius 3 is 1.89 bits per heavy atom. The molecule has 0 heterocycles. The summed E-state index contributed by atoms with van der Waals surface area (Å²) in [5, 5.41) is 24.5. The lowest BCUT2D eigenvalue weighted by atomic mass is 10.1. The first-order chi connectivity index (χ1) is 8.58. The van der Waals surface area contributed by atoms with Crippen LogP contribution in [0.25, 0.3) is 10.8 Å². The fourth-order valence-electron chi connectivity index (χ4n) is 1.20. The number of hydrogen-bond donors (Lipinski definition) is 3. The molecule has 0 fully saturated rings. The summed E-state index contributed by atoms with van der Waals surface area (Å²) in [5.41, 5.74) is 0. The van der Waals surface area contributed by atoms with Crippen LogP contribution in [-0.4, -0.2) is 28.3 Å². The quantitative estimate of drug-likeness (QED) is 0.626. The molecule has 0 radical (unpaired) electrons. The number of phenolic OH excluding ortho intramolecular Hbond substituents is 1. The minimum absolute atomic E-state index is 0.203. The van der Waals surface area contributed by atoms with Crippen LogP contribution in [0.3, 0.4) is 0 Å². The zero-order chi connectivity index (χ0) is 14.0. The number of phenols is 1. The van der Waals surface area contributed by atoms with Gasteiger partial charge in [-0.05, 0) is 35.0 Å². The number of halogens is 1. The van der Waals surface area contributed by atoms with E-state index in [-0.39, 0.29) is 24.5 Å². The first-order valence-electron chi connectivity index (χ1n) is 4.63. The highest BCUT2D eigenvalue weighted by atomic mass is 19.1. The van der Waals surface area contributed by atoms with Gasteiger partial charge in [-0.3, -0.25) is 9.59 Å². The molecule has 0 saturated heterocycles. The lowest BCUT2D eigenvalue weighted by Gasteiger charge is -1.97. The molecule has 2 aromatic rings. The number of rotatable bonds is 0. The second-order valence-corrected chi connectivity index (χ2v) is 2.89. The van der Waals surface area contributed by atoms with Crippen molar-refractivity contribution in [2.45, 2.75) is 0 Å². The third-order valence-electron chi connectivity index (χ3n) is 1.79.